The molecule has 118 valence electrons. The zero-order chi connectivity index (χ0) is 15.7. The van der Waals surface area contributed by atoms with Gasteiger partial charge >= 0.3 is 0 Å². The Morgan fingerprint density at radius 2 is 2.14 bits per heavy atom. The molecule has 0 spiro atoms. The lowest BCUT2D eigenvalue weighted by Crippen LogP contribution is -2.62. The molecule has 0 radical (unpaired) electrons. The van der Waals surface area contributed by atoms with Gasteiger partial charge in [-0.15, -0.1) is 0 Å². The number of fused-ring (bicyclic) bond motifs is 2. The molecule has 0 aromatic rings. The summed E-state index contributed by atoms with van der Waals surface area (Å²) in [5.74, 6) is 0.499. The van der Waals surface area contributed by atoms with E-state index in [2.05, 4.69) is 75.1 Å². The number of hydrogen-bond donors (Lipinski definition) is 3. The Morgan fingerprint density at radius 3 is 2.76 bits per heavy atom. The normalized spacial score (nSPS) is 33.7. The highest BCUT2D eigenvalue weighted by Crippen LogP contribution is 2.40. The van der Waals surface area contributed by atoms with Gasteiger partial charge in [0.15, 0.2) is 0 Å². The summed E-state index contributed by atoms with van der Waals surface area (Å²) in [5, 5.41) is 10.7. The van der Waals surface area contributed by atoms with Gasteiger partial charge in [0, 0.05) is 30.7 Å². The van der Waals surface area contributed by atoms with Crippen LogP contribution in [0.4, 0.5) is 0 Å². The molecule has 2 aliphatic rings. The van der Waals surface area contributed by atoms with Gasteiger partial charge in [-0.3, -0.25) is 0 Å². The molecule has 3 heteroatoms. The minimum absolute atomic E-state index is 0.0516. The van der Waals surface area contributed by atoms with E-state index in [4.69, 9.17) is 0 Å². The van der Waals surface area contributed by atoms with Crippen molar-refractivity contribution in [3.63, 3.8) is 0 Å². The third kappa shape index (κ3) is 3.34. The minimum Gasteiger partial charge on any atom is -0.394 e. The van der Waals surface area contributed by atoms with Crippen molar-refractivity contribution in [2.24, 2.45) is 5.92 Å². The van der Waals surface area contributed by atoms with Crippen LogP contribution in [0.2, 0.25) is 0 Å². The Hall–Kier alpha value is -1.22. The molecule has 0 aromatic carbocycles. The standard InChI is InChI=1S/C18H31N3/c1-13-16-9-7-8-15(11-19-6)10-18(13,20-12-16)14(2)21-17(3,4)5/h7,9,11-14,19-21H,8,10H2,1-6H3/b9-7-,15-11-. The van der Waals surface area contributed by atoms with Crippen molar-refractivity contribution in [1.82, 2.24) is 16.0 Å². The molecule has 1 aliphatic heterocycles. The zero-order valence-corrected chi connectivity index (χ0v) is 14.4. The van der Waals surface area contributed by atoms with Crippen LogP contribution in [0, 0.1) is 5.92 Å². The lowest BCUT2D eigenvalue weighted by molar-refractivity contribution is 0.192. The van der Waals surface area contributed by atoms with Crippen LogP contribution in [0.15, 0.2) is 35.7 Å². The Bertz CT molecular complexity index is 467. The Morgan fingerprint density at radius 1 is 1.43 bits per heavy atom. The third-order valence-corrected chi connectivity index (χ3v) is 4.76. The van der Waals surface area contributed by atoms with E-state index >= 15 is 0 Å². The van der Waals surface area contributed by atoms with Crippen molar-refractivity contribution >= 4 is 0 Å². The molecule has 3 N–H and O–H groups in total. The van der Waals surface area contributed by atoms with E-state index in [0.717, 1.165) is 12.8 Å². The van der Waals surface area contributed by atoms with Gasteiger partial charge in [0.25, 0.3) is 0 Å². The van der Waals surface area contributed by atoms with Crippen molar-refractivity contribution in [3.8, 4) is 0 Å². The van der Waals surface area contributed by atoms with E-state index in [1.165, 1.54) is 11.1 Å². The summed E-state index contributed by atoms with van der Waals surface area (Å²) in [7, 11) is 1.98. The molecule has 3 nitrogen and oxygen atoms in total. The van der Waals surface area contributed by atoms with Crippen LogP contribution in [0.1, 0.15) is 47.5 Å². The summed E-state index contributed by atoms with van der Waals surface area (Å²) in [6.07, 6.45) is 11.0. The molecule has 0 fully saturated rings. The first kappa shape index (κ1) is 16.2. The summed E-state index contributed by atoms with van der Waals surface area (Å²) in [4.78, 5) is 0. The maximum atomic E-state index is 3.78. The van der Waals surface area contributed by atoms with Gasteiger partial charge in [-0.1, -0.05) is 19.1 Å². The predicted molar refractivity (Wildman–Crippen MR) is 91.0 cm³/mol. The quantitative estimate of drug-likeness (QED) is 0.747. The maximum absolute atomic E-state index is 3.78. The molecule has 1 heterocycles. The van der Waals surface area contributed by atoms with Gasteiger partial charge in [0.2, 0.25) is 0 Å². The zero-order valence-electron chi connectivity index (χ0n) is 14.4. The van der Waals surface area contributed by atoms with Crippen molar-refractivity contribution in [2.75, 3.05) is 7.05 Å². The third-order valence-electron chi connectivity index (χ3n) is 4.76. The smallest absolute Gasteiger partial charge is 0.0622 e. The van der Waals surface area contributed by atoms with Crippen molar-refractivity contribution in [1.29, 1.82) is 0 Å². The summed E-state index contributed by atoms with van der Waals surface area (Å²) >= 11 is 0. The Kier molecular flexibility index (Phi) is 4.52. The first-order chi connectivity index (χ1) is 9.78. The molecule has 2 bridgehead atoms. The second kappa shape index (κ2) is 5.88. The van der Waals surface area contributed by atoms with Crippen LogP contribution in [-0.4, -0.2) is 24.2 Å². The minimum atomic E-state index is 0.0516. The largest absolute Gasteiger partial charge is 0.394 e. The second-order valence-corrected chi connectivity index (χ2v) is 7.54. The van der Waals surface area contributed by atoms with Crippen LogP contribution < -0.4 is 16.0 Å². The summed E-state index contributed by atoms with van der Waals surface area (Å²) in [6, 6.07) is 0.382. The summed E-state index contributed by atoms with van der Waals surface area (Å²) in [6.45, 7) is 11.4. The van der Waals surface area contributed by atoms with Crippen LogP contribution in [-0.2, 0) is 0 Å². The fourth-order valence-corrected chi connectivity index (χ4v) is 3.70. The van der Waals surface area contributed by atoms with Crippen molar-refractivity contribution in [3.05, 3.63) is 35.7 Å². The molecule has 3 unspecified atom stereocenters. The van der Waals surface area contributed by atoms with E-state index in [9.17, 15) is 0 Å². The highest BCUT2D eigenvalue weighted by atomic mass is 15.1. The Labute approximate surface area is 130 Å². The average Bonchev–Trinajstić information content (AvgIpc) is 2.70. The van der Waals surface area contributed by atoms with Gasteiger partial charge in [-0.05, 0) is 57.9 Å². The first-order valence-electron chi connectivity index (χ1n) is 8.06. The Balaban J connectivity index is 2.33. The van der Waals surface area contributed by atoms with Crippen molar-refractivity contribution < 1.29 is 0 Å². The van der Waals surface area contributed by atoms with Gasteiger partial charge in [-0.25, -0.2) is 0 Å². The molecule has 0 amide bonds. The van der Waals surface area contributed by atoms with E-state index in [1.54, 1.807) is 0 Å². The van der Waals surface area contributed by atoms with Gasteiger partial charge < -0.3 is 16.0 Å². The lowest BCUT2D eigenvalue weighted by atomic mass is 9.72. The molecule has 3 atom stereocenters. The molecule has 0 saturated heterocycles. The number of rotatable bonds is 3. The molecule has 0 saturated carbocycles. The number of allylic oxidation sites excluding steroid dienone is 2. The van der Waals surface area contributed by atoms with Crippen LogP contribution in [0.25, 0.3) is 0 Å². The van der Waals surface area contributed by atoms with Crippen LogP contribution in [0.5, 0.6) is 0 Å². The second-order valence-electron chi connectivity index (χ2n) is 7.54. The van der Waals surface area contributed by atoms with Crippen LogP contribution >= 0.6 is 0 Å². The van der Waals surface area contributed by atoms with Gasteiger partial charge in [-0.2, -0.15) is 0 Å². The molecular weight excluding hydrogens is 258 g/mol. The van der Waals surface area contributed by atoms with Crippen molar-refractivity contribution in [2.45, 2.75) is 64.6 Å². The molecule has 0 aromatic heterocycles. The topological polar surface area (TPSA) is 36.1 Å². The van der Waals surface area contributed by atoms with E-state index in [0.29, 0.717) is 12.0 Å². The number of hydrogen-bond acceptors (Lipinski definition) is 3. The first-order valence-corrected chi connectivity index (χ1v) is 8.06. The SMILES string of the molecule is CN/C=C1/C/C=C\C2=CNC(C(C)NC(C)(C)C)(C1)C2C. The molecule has 2 rings (SSSR count). The lowest BCUT2D eigenvalue weighted by Gasteiger charge is -2.45. The molecule has 1 aliphatic carbocycles. The van der Waals surface area contributed by atoms with Crippen LogP contribution in [0.3, 0.4) is 0 Å². The highest BCUT2D eigenvalue weighted by Gasteiger charge is 2.46. The average molecular weight is 289 g/mol. The fraction of sp³-hybridized carbons (Fsp3) is 0.667. The summed E-state index contributed by atoms with van der Waals surface area (Å²) in [5.41, 5.74) is 3.03. The van der Waals surface area contributed by atoms with Gasteiger partial charge in [0.1, 0.15) is 0 Å². The van der Waals surface area contributed by atoms with E-state index in [-0.39, 0.29) is 11.1 Å². The number of nitrogens with one attached hydrogen (secondary N) is 3. The maximum Gasteiger partial charge on any atom is 0.0622 e. The highest BCUT2D eigenvalue weighted by molar-refractivity contribution is 5.36. The molecule has 21 heavy (non-hydrogen) atoms. The summed E-state index contributed by atoms with van der Waals surface area (Å²) < 4.78 is 0. The predicted octanol–water partition coefficient (Wildman–Crippen LogP) is 3.08. The van der Waals surface area contributed by atoms with E-state index < -0.39 is 0 Å². The van der Waals surface area contributed by atoms with Gasteiger partial charge in [0.05, 0.1) is 5.54 Å². The fourth-order valence-electron chi connectivity index (χ4n) is 3.70. The monoisotopic (exact) mass is 289 g/mol. The van der Waals surface area contributed by atoms with E-state index in [1.807, 2.05) is 7.05 Å². The molecular formula is C18H31N3.